The highest BCUT2D eigenvalue weighted by Gasteiger charge is 2.39. The zero-order valence-corrected chi connectivity index (χ0v) is 18.7. The van der Waals surface area contributed by atoms with Crippen LogP contribution in [-0.4, -0.2) is 33.1 Å². The minimum Gasteiger partial charge on any atom is -0.497 e. The van der Waals surface area contributed by atoms with E-state index in [1.807, 2.05) is 19.1 Å². The first kappa shape index (κ1) is 23.0. The molecule has 4 rings (SSSR count). The van der Waals surface area contributed by atoms with E-state index in [9.17, 15) is 18.0 Å². The molecule has 2 heterocycles. The van der Waals surface area contributed by atoms with Crippen LogP contribution >= 0.6 is 11.8 Å². The van der Waals surface area contributed by atoms with Gasteiger partial charge < -0.3 is 15.5 Å². The molecule has 3 aromatic rings. The molecule has 0 spiro atoms. The lowest BCUT2D eigenvalue weighted by molar-refractivity contribution is -0.137. The van der Waals surface area contributed by atoms with Crippen molar-refractivity contribution in [1.29, 1.82) is 0 Å². The van der Waals surface area contributed by atoms with Crippen LogP contribution in [0.2, 0.25) is 0 Å². The SMILES string of the molecule is CCCc1nnc2n1N[C@@H](c1ccc(OC)cc1)[C@H](C(=O)Nc1ccccc1C(F)(F)F)S2. The molecule has 1 aliphatic heterocycles. The molecule has 11 heteroatoms. The van der Waals surface area contributed by atoms with Crippen LogP contribution in [0.1, 0.15) is 36.3 Å². The number of aromatic nitrogens is 3. The molecule has 33 heavy (non-hydrogen) atoms. The molecule has 0 radical (unpaired) electrons. The molecule has 1 aromatic heterocycles. The monoisotopic (exact) mass is 477 g/mol. The van der Waals surface area contributed by atoms with Gasteiger partial charge in [-0.1, -0.05) is 43.0 Å². The summed E-state index contributed by atoms with van der Waals surface area (Å²) >= 11 is 1.16. The number of anilines is 1. The second-order valence-corrected chi connectivity index (χ2v) is 8.54. The number of amides is 1. The zero-order valence-electron chi connectivity index (χ0n) is 17.9. The third kappa shape index (κ3) is 4.77. The minimum atomic E-state index is -4.59. The summed E-state index contributed by atoms with van der Waals surface area (Å²) in [5.41, 5.74) is 2.87. The van der Waals surface area contributed by atoms with Crippen molar-refractivity contribution in [3.63, 3.8) is 0 Å². The Hall–Kier alpha value is -3.21. The fourth-order valence-corrected chi connectivity index (χ4v) is 4.69. The highest BCUT2D eigenvalue weighted by molar-refractivity contribution is 8.00. The quantitative estimate of drug-likeness (QED) is 0.538. The summed E-state index contributed by atoms with van der Waals surface area (Å²) in [6, 6.07) is 11.5. The molecule has 2 aromatic carbocycles. The number of rotatable bonds is 6. The van der Waals surface area contributed by atoms with Crippen LogP contribution in [0, 0.1) is 0 Å². The van der Waals surface area contributed by atoms with E-state index in [2.05, 4.69) is 20.9 Å². The topological polar surface area (TPSA) is 81.1 Å². The number of carbonyl (C=O) groups excluding carboxylic acids is 1. The molecule has 1 aliphatic rings. The number of para-hydroxylation sites is 1. The summed E-state index contributed by atoms with van der Waals surface area (Å²) in [6.07, 6.45) is -3.05. The van der Waals surface area contributed by atoms with Gasteiger partial charge in [0, 0.05) is 6.42 Å². The Bertz CT molecular complexity index is 1130. The molecule has 0 saturated carbocycles. The van der Waals surface area contributed by atoms with Crippen molar-refractivity contribution in [1.82, 2.24) is 14.9 Å². The number of carbonyl (C=O) groups is 1. The fourth-order valence-electron chi connectivity index (χ4n) is 3.59. The number of nitrogens with zero attached hydrogens (tertiary/aromatic N) is 3. The number of thioether (sulfide) groups is 1. The maximum absolute atomic E-state index is 13.4. The zero-order chi connectivity index (χ0) is 23.6. The van der Waals surface area contributed by atoms with Crippen molar-refractivity contribution in [2.75, 3.05) is 17.9 Å². The standard InChI is InChI=1S/C22H22F3N5O2S/c1-3-6-17-27-28-21-30(17)29-18(13-9-11-14(32-2)12-10-13)19(33-21)20(31)26-16-8-5-4-7-15(16)22(23,24)25/h4-5,7-12,18-19,29H,3,6H2,1-2H3,(H,26,31)/t18-,19+/m0/s1. The lowest BCUT2D eigenvalue weighted by Gasteiger charge is -2.33. The molecule has 1 amide bonds. The van der Waals surface area contributed by atoms with Crippen LogP contribution in [0.4, 0.5) is 18.9 Å². The number of benzene rings is 2. The predicted octanol–water partition coefficient (Wildman–Crippen LogP) is 4.66. The van der Waals surface area contributed by atoms with E-state index in [1.165, 1.54) is 18.2 Å². The summed E-state index contributed by atoms with van der Waals surface area (Å²) in [5.74, 6) is 0.801. The van der Waals surface area contributed by atoms with Gasteiger partial charge in [0.15, 0.2) is 5.82 Å². The number of halogens is 3. The number of fused-ring (bicyclic) bond motifs is 1. The van der Waals surface area contributed by atoms with Gasteiger partial charge in [0.05, 0.1) is 24.4 Å². The van der Waals surface area contributed by atoms with E-state index < -0.39 is 28.9 Å². The second kappa shape index (κ2) is 9.34. The first-order valence-corrected chi connectivity index (χ1v) is 11.2. The van der Waals surface area contributed by atoms with Crippen molar-refractivity contribution >= 4 is 23.4 Å². The van der Waals surface area contributed by atoms with E-state index in [4.69, 9.17) is 4.74 Å². The van der Waals surface area contributed by atoms with Crippen molar-refractivity contribution in [3.05, 3.63) is 65.5 Å². The third-order valence-electron chi connectivity index (χ3n) is 5.20. The normalized spacial score (nSPS) is 17.7. The molecular weight excluding hydrogens is 455 g/mol. The Balaban J connectivity index is 1.68. The lowest BCUT2D eigenvalue weighted by atomic mass is 10.0. The van der Waals surface area contributed by atoms with E-state index in [1.54, 1.807) is 23.9 Å². The van der Waals surface area contributed by atoms with Gasteiger partial charge in [0.2, 0.25) is 11.1 Å². The largest absolute Gasteiger partial charge is 0.497 e. The molecule has 0 saturated heterocycles. The van der Waals surface area contributed by atoms with E-state index in [0.29, 0.717) is 17.3 Å². The van der Waals surface area contributed by atoms with Crippen molar-refractivity contribution in [2.24, 2.45) is 0 Å². The molecule has 174 valence electrons. The fraction of sp³-hybridized carbons (Fsp3) is 0.318. The van der Waals surface area contributed by atoms with Gasteiger partial charge in [-0.3, -0.25) is 4.79 Å². The Labute approximate surface area is 192 Å². The highest BCUT2D eigenvalue weighted by atomic mass is 32.2. The number of hydrogen-bond acceptors (Lipinski definition) is 6. The predicted molar refractivity (Wildman–Crippen MR) is 119 cm³/mol. The summed E-state index contributed by atoms with van der Waals surface area (Å²) in [7, 11) is 1.55. The number of ether oxygens (including phenoxy) is 1. The Morgan fingerprint density at radius 2 is 1.91 bits per heavy atom. The molecule has 2 atom stereocenters. The van der Waals surface area contributed by atoms with Crippen LogP contribution in [0.15, 0.2) is 53.7 Å². The van der Waals surface area contributed by atoms with Crippen LogP contribution in [0.5, 0.6) is 5.75 Å². The average Bonchev–Trinajstić information content (AvgIpc) is 3.20. The molecule has 7 nitrogen and oxygen atoms in total. The van der Waals surface area contributed by atoms with Gasteiger partial charge in [-0.15, -0.1) is 10.2 Å². The van der Waals surface area contributed by atoms with Crippen LogP contribution < -0.4 is 15.5 Å². The average molecular weight is 478 g/mol. The van der Waals surface area contributed by atoms with Gasteiger partial charge in [-0.25, -0.2) is 4.68 Å². The number of nitrogens with one attached hydrogen (secondary N) is 2. The van der Waals surface area contributed by atoms with Crippen molar-refractivity contribution in [3.8, 4) is 5.75 Å². The Morgan fingerprint density at radius 1 is 1.18 bits per heavy atom. The van der Waals surface area contributed by atoms with Gasteiger partial charge >= 0.3 is 6.18 Å². The molecule has 2 N–H and O–H groups in total. The highest BCUT2D eigenvalue weighted by Crippen LogP contribution is 2.39. The number of alkyl halides is 3. The van der Waals surface area contributed by atoms with Gasteiger partial charge in [0.1, 0.15) is 11.0 Å². The van der Waals surface area contributed by atoms with Gasteiger partial charge in [0.25, 0.3) is 0 Å². The van der Waals surface area contributed by atoms with E-state index in [0.717, 1.165) is 35.6 Å². The van der Waals surface area contributed by atoms with Crippen molar-refractivity contribution < 1.29 is 22.7 Å². The van der Waals surface area contributed by atoms with Gasteiger partial charge in [-0.05, 0) is 36.2 Å². The number of aryl methyl sites for hydroxylation is 1. The molecule has 0 aliphatic carbocycles. The van der Waals surface area contributed by atoms with E-state index >= 15 is 0 Å². The lowest BCUT2D eigenvalue weighted by Crippen LogP contribution is -2.41. The maximum atomic E-state index is 13.4. The first-order valence-electron chi connectivity index (χ1n) is 10.3. The number of methoxy groups -OCH3 is 1. The minimum absolute atomic E-state index is 0.289. The summed E-state index contributed by atoms with van der Waals surface area (Å²) in [4.78, 5) is 13.3. The smallest absolute Gasteiger partial charge is 0.418 e. The van der Waals surface area contributed by atoms with Crippen LogP contribution in [0.3, 0.4) is 0 Å². The molecule has 0 unspecified atom stereocenters. The maximum Gasteiger partial charge on any atom is 0.418 e. The van der Waals surface area contributed by atoms with E-state index in [-0.39, 0.29) is 5.69 Å². The summed E-state index contributed by atoms with van der Waals surface area (Å²) in [5, 5.41) is 10.5. The number of hydrogen-bond donors (Lipinski definition) is 2. The molecular formula is C22H22F3N5O2S. The van der Waals surface area contributed by atoms with Crippen molar-refractivity contribution in [2.45, 2.75) is 42.4 Å². The van der Waals surface area contributed by atoms with Crippen LogP contribution in [0.25, 0.3) is 0 Å². The Kier molecular flexibility index (Phi) is 6.50. The summed E-state index contributed by atoms with van der Waals surface area (Å²) < 4.78 is 47.2. The summed E-state index contributed by atoms with van der Waals surface area (Å²) in [6.45, 7) is 2.02. The molecule has 0 bridgehead atoms. The third-order valence-corrected chi connectivity index (χ3v) is 6.42. The first-order chi connectivity index (χ1) is 15.8. The Morgan fingerprint density at radius 3 is 2.58 bits per heavy atom. The molecule has 0 fully saturated rings. The van der Waals surface area contributed by atoms with Crippen LogP contribution in [-0.2, 0) is 17.4 Å². The second-order valence-electron chi connectivity index (χ2n) is 7.44. The van der Waals surface area contributed by atoms with Gasteiger partial charge in [-0.2, -0.15) is 13.2 Å².